The second kappa shape index (κ2) is 8.08. The van der Waals surface area contributed by atoms with E-state index in [0.29, 0.717) is 5.75 Å². The van der Waals surface area contributed by atoms with Crippen molar-refractivity contribution in [3.8, 4) is 0 Å². The maximum Gasteiger partial charge on any atom is 0.234 e. The van der Waals surface area contributed by atoms with Crippen molar-refractivity contribution in [2.45, 2.75) is 14.9 Å². The molecular formula is C18H17N3OS2. The molecule has 1 heterocycles. The van der Waals surface area contributed by atoms with E-state index in [4.69, 9.17) is 0 Å². The number of amides is 1. The van der Waals surface area contributed by atoms with Gasteiger partial charge < -0.3 is 9.88 Å². The molecule has 1 aromatic heterocycles. The first-order valence-corrected chi connectivity index (χ1v) is 9.24. The maximum absolute atomic E-state index is 12.0. The average molecular weight is 355 g/mol. The predicted octanol–water partition coefficient (Wildman–Crippen LogP) is 4.30. The number of anilines is 1. The van der Waals surface area contributed by atoms with E-state index in [1.54, 1.807) is 18.0 Å². The molecule has 0 unspecified atom stereocenters. The van der Waals surface area contributed by atoms with Crippen LogP contribution in [0.25, 0.3) is 0 Å². The summed E-state index contributed by atoms with van der Waals surface area (Å²) >= 11 is 3.12. The second-order valence-corrected chi connectivity index (χ2v) is 7.19. The molecule has 0 aliphatic heterocycles. The minimum atomic E-state index is -0.00615. The number of rotatable bonds is 6. The molecule has 0 spiro atoms. The summed E-state index contributed by atoms with van der Waals surface area (Å²) in [5.74, 6) is 0.390. The van der Waals surface area contributed by atoms with Crippen LogP contribution in [0.5, 0.6) is 0 Å². The van der Waals surface area contributed by atoms with Gasteiger partial charge in [0.1, 0.15) is 0 Å². The molecule has 2 aromatic carbocycles. The summed E-state index contributed by atoms with van der Waals surface area (Å²) in [7, 11) is 1.97. The lowest BCUT2D eigenvalue weighted by Gasteiger charge is -2.07. The van der Waals surface area contributed by atoms with Crippen LogP contribution < -0.4 is 5.32 Å². The number of benzene rings is 2. The minimum Gasteiger partial charge on any atom is -0.329 e. The molecule has 0 saturated carbocycles. The number of carbonyl (C=O) groups is 1. The number of carbonyl (C=O) groups excluding carboxylic acids is 1. The van der Waals surface area contributed by atoms with E-state index < -0.39 is 0 Å². The fraction of sp³-hybridized carbons (Fsp3) is 0.111. The highest BCUT2D eigenvalue weighted by molar-refractivity contribution is 8.00. The van der Waals surface area contributed by atoms with Gasteiger partial charge in [0.25, 0.3) is 0 Å². The number of nitrogens with zero attached hydrogens (tertiary/aromatic N) is 2. The highest BCUT2D eigenvalue weighted by atomic mass is 32.2. The smallest absolute Gasteiger partial charge is 0.234 e. The normalized spacial score (nSPS) is 10.5. The Morgan fingerprint density at radius 2 is 1.83 bits per heavy atom. The van der Waals surface area contributed by atoms with E-state index >= 15 is 0 Å². The van der Waals surface area contributed by atoms with Crippen molar-refractivity contribution < 1.29 is 4.79 Å². The molecule has 6 heteroatoms. The summed E-state index contributed by atoms with van der Waals surface area (Å²) in [6, 6.07) is 17.7. The lowest BCUT2D eigenvalue weighted by atomic mass is 10.3. The van der Waals surface area contributed by atoms with Crippen LogP contribution in [0.4, 0.5) is 5.69 Å². The molecule has 1 N–H and O–H groups in total. The summed E-state index contributed by atoms with van der Waals surface area (Å²) in [5.41, 5.74) is 0.804. The summed E-state index contributed by atoms with van der Waals surface area (Å²) in [5, 5.41) is 3.86. The van der Waals surface area contributed by atoms with E-state index in [9.17, 15) is 4.79 Å². The Morgan fingerprint density at radius 1 is 1.08 bits per heavy atom. The van der Waals surface area contributed by atoms with Gasteiger partial charge in [0.15, 0.2) is 5.16 Å². The zero-order valence-corrected chi connectivity index (χ0v) is 14.8. The van der Waals surface area contributed by atoms with E-state index in [2.05, 4.69) is 10.3 Å². The molecule has 0 atom stereocenters. The highest BCUT2D eigenvalue weighted by Crippen LogP contribution is 2.27. The summed E-state index contributed by atoms with van der Waals surface area (Å²) in [6.07, 6.45) is 3.70. The topological polar surface area (TPSA) is 46.9 Å². The van der Waals surface area contributed by atoms with Gasteiger partial charge >= 0.3 is 0 Å². The van der Waals surface area contributed by atoms with E-state index in [1.807, 2.05) is 72.4 Å². The Balaban J connectivity index is 1.52. The minimum absolute atomic E-state index is 0.00615. The third-order valence-electron chi connectivity index (χ3n) is 3.24. The third kappa shape index (κ3) is 4.66. The van der Waals surface area contributed by atoms with Crippen molar-refractivity contribution in [1.29, 1.82) is 0 Å². The largest absolute Gasteiger partial charge is 0.329 e. The Bertz CT molecular complexity index is 801. The molecule has 0 aliphatic rings. The Labute approximate surface area is 149 Å². The molecule has 24 heavy (non-hydrogen) atoms. The van der Waals surface area contributed by atoms with Gasteiger partial charge in [-0.05, 0) is 36.4 Å². The third-order valence-corrected chi connectivity index (χ3v) is 5.33. The maximum atomic E-state index is 12.0. The summed E-state index contributed by atoms with van der Waals surface area (Å²) in [4.78, 5) is 18.5. The van der Waals surface area contributed by atoms with Gasteiger partial charge in [-0.25, -0.2) is 4.98 Å². The number of thioether (sulfide) groups is 1. The van der Waals surface area contributed by atoms with Gasteiger partial charge in [-0.1, -0.05) is 30.0 Å². The highest BCUT2D eigenvalue weighted by Gasteiger charge is 2.05. The number of aryl methyl sites for hydroxylation is 1. The molecule has 0 aliphatic carbocycles. The number of hydrogen-bond acceptors (Lipinski definition) is 4. The van der Waals surface area contributed by atoms with Crippen LogP contribution in [0.2, 0.25) is 0 Å². The average Bonchev–Trinajstić information content (AvgIpc) is 3.01. The van der Waals surface area contributed by atoms with E-state index in [-0.39, 0.29) is 5.91 Å². The van der Waals surface area contributed by atoms with Gasteiger partial charge in [0.2, 0.25) is 5.91 Å². The lowest BCUT2D eigenvalue weighted by molar-refractivity contribution is -0.113. The number of hydrogen-bond donors (Lipinski definition) is 1. The lowest BCUT2D eigenvalue weighted by Crippen LogP contribution is -2.13. The van der Waals surface area contributed by atoms with Gasteiger partial charge in [-0.3, -0.25) is 4.79 Å². The Kier molecular flexibility index (Phi) is 5.61. The van der Waals surface area contributed by atoms with Crippen LogP contribution in [0.15, 0.2) is 81.9 Å². The molecule has 0 radical (unpaired) electrons. The van der Waals surface area contributed by atoms with Gasteiger partial charge in [0.05, 0.1) is 5.75 Å². The first-order valence-electron chi connectivity index (χ1n) is 7.43. The fourth-order valence-corrected chi connectivity index (χ4v) is 3.55. The molecular weight excluding hydrogens is 338 g/mol. The zero-order chi connectivity index (χ0) is 16.8. The monoisotopic (exact) mass is 355 g/mol. The van der Waals surface area contributed by atoms with Gasteiger partial charge in [-0.15, -0.1) is 11.8 Å². The number of nitrogens with one attached hydrogen (secondary N) is 1. The van der Waals surface area contributed by atoms with Crippen LogP contribution in [0.3, 0.4) is 0 Å². The Hall–Kier alpha value is -2.18. The first kappa shape index (κ1) is 16.7. The predicted molar refractivity (Wildman–Crippen MR) is 99.6 cm³/mol. The SMILES string of the molecule is Cn1ccnc1Sc1ccc(NC(=O)CSc2ccccc2)cc1. The van der Waals surface area contributed by atoms with Gasteiger partial charge in [0, 0.05) is 34.9 Å². The van der Waals surface area contributed by atoms with Crippen molar-refractivity contribution in [3.05, 3.63) is 67.0 Å². The standard InChI is InChI=1S/C18H17N3OS2/c1-21-12-11-19-18(21)24-16-9-7-14(8-10-16)20-17(22)13-23-15-5-3-2-4-6-15/h2-12H,13H2,1H3,(H,20,22). The Morgan fingerprint density at radius 3 is 2.50 bits per heavy atom. The van der Waals surface area contributed by atoms with E-state index in [0.717, 1.165) is 20.6 Å². The zero-order valence-electron chi connectivity index (χ0n) is 13.2. The molecule has 0 bridgehead atoms. The van der Waals surface area contributed by atoms with E-state index in [1.165, 1.54) is 11.8 Å². The number of imidazole rings is 1. The van der Waals surface area contributed by atoms with Crippen LogP contribution >= 0.6 is 23.5 Å². The molecule has 0 saturated heterocycles. The van der Waals surface area contributed by atoms with Crippen molar-refractivity contribution in [2.24, 2.45) is 7.05 Å². The number of aromatic nitrogens is 2. The van der Waals surface area contributed by atoms with Crippen LogP contribution in [-0.4, -0.2) is 21.2 Å². The van der Waals surface area contributed by atoms with Crippen molar-refractivity contribution in [3.63, 3.8) is 0 Å². The quantitative estimate of drug-likeness (QED) is 0.670. The van der Waals surface area contributed by atoms with Crippen LogP contribution in [-0.2, 0) is 11.8 Å². The molecule has 0 fully saturated rings. The van der Waals surface area contributed by atoms with Crippen LogP contribution in [0.1, 0.15) is 0 Å². The van der Waals surface area contributed by atoms with Crippen LogP contribution in [0, 0.1) is 0 Å². The van der Waals surface area contributed by atoms with Crippen molar-refractivity contribution >= 4 is 35.1 Å². The first-order chi connectivity index (χ1) is 11.7. The van der Waals surface area contributed by atoms with Crippen molar-refractivity contribution in [1.82, 2.24) is 9.55 Å². The molecule has 122 valence electrons. The fourth-order valence-electron chi connectivity index (χ4n) is 2.02. The summed E-state index contributed by atoms with van der Waals surface area (Å²) < 4.78 is 1.97. The molecule has 3 rings (SSSR count). The van der Waals surface area contributed by atoms with Gasteiger partial charge in [-0.2, -0.15) is 0 Å². The molecule has 3 aromatic rings. The van der Waals surface area contributed by atoms with Crippen molar-refractivity contribution in [2.75, 3.05) is 11.1 Å². The molecule has 4 nitrogen and oxygen atoms in total. The molecule has 1 amide bonds. The summed E-state index contributed by atoms with van der Waals surface area (Å²) in [6.45, 7) is 0. The second-order valence-electron chi connectivity index (χ2n) is 5.10.